The van der Waals surface area contributed by atoms with Crippen molar-refractivity contribution in [2.24, 2.45) is 0 Å². The maximum Gasteiger partial charge on any atom is 0.0431 e. The first kappa shape index (κ1) is 10.2. The number of aromatic nitrogens is 1. The van der Waals surface area contributed by atoms with Gasteiger partial charge >= 0.3 is 0 Å². The van der Waals surface area contributed by atoms with Gasteiger partial charge in [-0.05, 0) is 24.5 Å². The molecule has 1 rings (SSSR count). The number of unbranched alkanes of at least 4 members (excludes halogenated alkanes) is 2. The van der Waals surface area contributed by atoms with Crippen molar-refractivity contribution in [1.82, 2.24) is 4.98 Å². The second-order valence-corrected chi connectivity index (χ2v) is 3.65. The summed E-state index contributed by atoms with van der Waals surface area (Å²) in [6, 6.07) is 6.16. The Hall–Kier alpha value is -0.850. The van der Waals surface area contributed by atoms with Crippen LogP contribution in [0.2, 0.25) is 0 Å². The molecule has 0 N–H and O–H groups in total. The lowest BCUT2D eigenvalue weighted by Crippen LogP contribution is -1.95. The van der Waals surface area contributed by atoms with E-state index in [0.29, 0.717) is 5.92 Å². The number of hydrogen-bond acceptors (Lipinski definition) is 1. The largest absolute Gasteiger partial charge is 0.261 e. The predicted octanol–water partition coefficient (Wildman–Crippen LogP) is 3.77. The normalized spacial score (nSPS) is 12.8. The lowest BCUT2D eigenvalue weighted by atomic mass is 9.99. The van der Waals surface area contributed by atoms with Crippen molar-refractivity contribution in [1.29, 1.82) is 0 Å². The first-order chi connectivity index (χ1) is 6.34. The third-order valence-corrected chi connectivity index (χ3v) is 2.43. The lowest BCUT2D eigenvalue weighted by Gasteiger charge is -2.09. The molecule has 0 amide bonds. The maximum atomic E-state index is 4.36. The first-order valence-corrected chi connectivity index (χ1v) is 5.25. The third kappa shape index (κ3) is 3.58. The summed E-state index contributed by atoms with van der Waals surface area (Å²) in [5.74, 6) is 0.618. The standard InChI is InChI=1S/C12H19N/c1-3-4-5-8-11(2)12-9-6-7-10-13-12/h6-7,9-11H,3-5,8H2,1-2H3. The molecule has 0 bridgehead atoms. The third-order valence-electron chi connectivity index (χ3n) is 2.43. The quantitative estimate of drug-likeness (QED) is 0.624. The van der Waals surface area contributed by atoms with Crippen LogP contribution >= 0.6 is 0 Å². The van der Waals surface area contributed by atoms with Gasteiger partial charge in [-0.2, -0.15) is 0 Å². The minimum Gasteiger partial charge on any atom is -0.261 e. The van der Waals surface area contributed by atoms with Gasteiger partial charge in [0.25, 0.3) is 0 Å². The topological polar surface area (TPSA) is 12.9 Å². The molecule has 0 aromatic carbocycles. The van der Waals surface area contributed by atoms with Crippen molar-refractivity contribution in [3.63, 3.8) is 0 Å². The summed E-state index contributed by atoms with van der Waals surface area (Å²) < 4.78 is 0. The molecule has 1 heteroatoms. The molecule has 1 unspecified atom stereocenters. The highest BCUT2D eigenvalue weighted by Crippen LogP contribution is 2.19. The predicted molar refractivity (Wildman–Crippen MR) is 56.8 cm³/mol. The van der Waals surface area contributed by atoms with Crippen LogP contribution in [0.1, 0.15) is 51.1 Å². The van der Waals surface area contributed by atoms with Crippen LogP contribution in [0.25, 0.3) is 0 Å². The molecule has 0 saturated heterocycles. The molecule has 0 aliphatic carbocycles. The molecule has 1 aromatic heterocycles. The molecular formula is C12H19N. The van der Waals surface area contributed by atoms with Crippen LogP contribution in [-0.4, -0.2) is 4.98 Å². The summed E-state index contributed by atoms with van der Waals surface area (Å²) >= 11 is 0. The number of hydrogen-bond donors (Lipinski definition) is 0. The van der Waals surface area contributed by atoms with E-state index in [0.717, 1.165) is 0 Å². The van der Waals surface area contributed by atoms with Gasteiger partial charge in [-0.25, -0.2) is 0 Å². The Bertz CT molecular complexity index is 218. The summed E-state index contributed by atoms with van der Waals surface area (Å²) in [4.78, 5) is 4.36. The van der Waals surface area contributed by atoms with E-state index in [1.165, 1.54) is 31.4 Å². The van der Waals surface area contributed by atoms with Crippen molar-refractivity contribution >= 4 is 0 Å². The highest BCUT2D eigenvalue weighted by molar-refractivity contribution is 5.07. The van der Waals surface area contributed by atoms with E-state index in [1.54, 1.807) is 0 Å². The average Bonchev–Trinajstić information content (AvgIpc) is 2.19. The Morgan fingerprint density at radius 3 is 2.77 bits per heavy atom. The summed E-state index contributed by atoms with van der Waals surface area (Å²) in [7, 11) is 0. The average molecular weight is 177 g/mol. The highest BCUT2D eigenvalue weighted by Gasteiger charge is 2.04. The molecular weight excluding hydrogens is 158 g/mol. The first-order valence-electron chi connectivity index (χ1n) is 5.25. The molecule has 1 atom stereocenters. The van der Waals surface area contributed by atoms with Crippen LogP contribution < -0.4 is 0 Å². The van der Waals surface area contributed by atoms with E-state index in [9.17, 15) is 0 Å². The summed E-state index contributed by atoms with van der Waals surface area (Å²) in [5.41, 5.74) is 1.23. The van der Waals surface area contributed by atoms with Gasteiger partial charge in [-0.3, -0.25) is 4.98 Å². The Kier molecular flexibility index (Phi) is 4.52. The van der Waals surface area contributed by atoms with Crippen LogP contribution in [0.5, 0.6) is 0 Å². The van der Waals surface area contributed by atoms with E-state index in [4.69, 9.17) is 0 Å². The molecule has 13 heavy (non-hydrogen) atoms. The van der Waals surface area contributed by atoms with Crippen LogP contribution in [0.15, 0.2) is 24.4 Å². The van der Waals surface area contributed by atoms with Gasteiger partial charge in [0, 0.05) is 11.9 Å². The second kappa shape index (κ2) is 5.74. The Labute approximate surface area is 81.2 Å². The smallest absolute Gasteiger partial charge is 0.0431 e. The fourth-order valence-electron chi connectivity index (χ4n) is 1.52. The van der Waals surface area contributed by atoms with Gasteiger partial charge in [-0.1, -0.05) is 39.2 Å². The van der Waals surface area contributed by atoms with Crippen LogP contribution in [0.4, 0.5) is 0 Å². The number of pyridine rings is 1. The van der Waals surface area contributed by atoms with E-state index < -0.39 is 0 Å². The zero-order valence-electron chi connectivity index (χ0n) is 8.66. The Morgan fingerprint density at radius 2 is 2.15 bits per heavy atom. The molecule has 0 spiro atoms. The van der Waals surface area contributed by atoms with Crippen molar-refractivity contribution in [2.45, 2.75) is 45.4 Å². The van der Waals surface area contributed by atoms with Gasteiger partial charge in [0.05, 0.1) is 0 Å². The van der Waals surface area contributed by atoms with Gasteiger partial charge in [0.1, 0.15) is 0 Å². The zero-order chi connectivity index (χ0) is 9.52. The molecule has 72 valence electrons. The van der Waals surface area contributed by atoms with Crippen molar-refractivity contribution in [3.8, 4) is 0 Å². The van der Waals surface area contributed by atoms with Crippen LogP contribution in [0.3, 0.4) is 0 Å². The van der Waals surface area contributed by atoms with Crippen molar-refractivity contribution < 1.29 is 0 Å². The molecule has 0 fully saturated rings. The molecule has 1 heterocycles. The highest BCUT2D eigenvalue weighted by atomic mass is 14.7. The van der Waals surface area contributed by atoms with Gasteiger partial charge in [0.2, 0.25) is 0 Å². The second-order valence-electron chi connectivity index (χ2n) is 3.65. The Balaban J connectivity index is 2.35. The van der Waals surface area contributed by atoms with E-state index >= 15 is 0 Å². The minimum absolute atomic E-state index is 0.618. The van der Waals surface area contributed by atoms with E-state index in [-0.39, 0.29) is 0 Å². The van der Waals surface area contributed by atoms with E-state index in [2.05, 4.69) is 31.0 Å². The molecule has 0 aliphatic rings. The zero-order valence-corrected chi connectivity index (χ0v) is 8.66. The molecule has 1 aromatic rings. The Morgan fingerprint density at radius 1 is 1.31 bits per heavy atom. The summed E-state index contributed by atoms with van der Waals surface area (Å²) in [6.45, 7) is 4.50. The molecule has 0 radical (unpaired) electrons. The van der Waals surface area contributed by atoms with Crippen molar-refractivity contribution in [2.75, 3.05) is 0 Å². The summed E-state index contributed by atoms with van der Waals surface area (Å²) in [5, 5.41) is 0. The van der Waals surface area contributed by atoms with E-state index in [1.807, 2.05) is 12.3 Å². The SMILES string of the molecule is CCCCCC(C)c1ccccn1. The number of rotatable bonds is 5. The molecule has 0 saturated carbocycles. The van der Waals surface area contributed by atoms with Gasteiger partial charge in [0.15, 0.2) is 0 Å². The lowest BCUT2D eigenvalue weighted by molar-refractivity contribution is 0.588. The minimum atomic E-state index is 0.618. The fraction of sp³-hybridized carbons (Fsp3) is 0.583. The van der Waals surface area contributed by atoms with Crippen LogP contribution in [-0.2, 0) is 0 Å². The van der Waals surface area contributed by atoms with Gasteiger partial charge in [-0.15, -0.1) is 0 Å². The fourth-order valence-corrected chi connectivity index (χ4v) is 1.52. The molecule has 0 aliphatic heterocycles. The van der Waals surface area contributed by atoms with Crippen molar-refractivity contribution in [3.05, 3.63) is 30.1 Å². The van der Waals surface area contributed by atoms with Gasteiger partial charge < -0.3 is 0 Å². The van der Waals surface area contributed by atoms with Crippen LogP contribution in [0, 0.1) is 0 Å². The monoisotopic (exact) mass is 177 g/mol. The summed E-state index contributed by atoms with van der Waals surface area (Å²) in [6.07, 6.45) is 7.12. The molecule has 1 nitrogen and oxygen atoms in total. The maximum absolute atomic E-state index is 4.36. The number of nitrogens with zero attached hydrogens (tertiary/aromatic N) is 1.